The number of aromatic nitrogens is 2. The highest BCUT2D eigenvalue weighted by molar-refractivity contribution is 6.30. The molecule has 1 fully saturated rings. The summed E-state index contributed by atoms with van der Waals surface area (Å²) in [5.74, 6) is 1.15. The molecule has 1 aliphatic heterocycles. The summed E-state index contributed by atoms with van der Waals surface area (Å²) in [5.41, 5.74) is 1.30. The van der Waals surface area contributed by atoms with Crippen LogP contribution in [0.4, 0.5) is 11.5 Å². The zero-order valence-corrected chi connectivity index (χ0v) is 17.1. The number of fused-ring (bicyclic) bond motifs is 1. The van der Waals surface area contributed by atoms with E-state index in [1.165, 1.54) is 0 Å². The number of amides is 1. The van der Waals surface area contributed by atoms with Crippen molar-refractivity contribution in [1.29, 1.82) is 0 Å². The lowest BCUT2D eigenvalue weighted by Crippen LogP contribution is -2.47. The van der Waals surface area contributed by atoms with Crippen LogP contribution in [-0.4, -0.2) is 66.0 Å². The van der Waals surface area contributed by atoms with Crippen LogP contribution >= 0.6 is 11.6 Å². The Morgan fingerprint density at radius 3 is 2.72 bits per heavy atom. The molecule has 0 aliphatic carbocycles. The first-order valence-corrected chi connectivity index (χ1v) is 9.76. The number of nitrogens with zero attached hydrogens (tertiary/aromatic N) is 4. The number of anilines is 2. The van der Waals surface area contributed by atoms with E-state index in [-0.39, 0.29) is 5.91 Å². The van der Waals surface area contributed by atoms with Crippen LogP contribution in [0.25, 0.3) is 10.8 Å². The summed E-state index contributed by atoms with van der Waals surface area (Å²) >= 11 is 6.17. The second kappa shape index (κ2) is 8.23. The molecule has 8 heteroatoms. The van der Waals surface area contributed by atoms with Crippen molar-refractivity contribution in [3.63, 3.8) is 0 Å². The van der Waals surface area contributed by atoms with Crippen molar-refractivity contribution < 1.29 is 9.53 Å². The largest absolute Gasteiger partial charge is 0.495 e. The number of pyridine rings is 2. The number of nitrogens with one attached hydrogen (secondary N) is 1. The molecule has 0 atom stereocenters. The second-order valence-electron chi connectivity index (χ2n) is 7.03. The topological polar surface area (TPSA) is 70.6 Å². The summed E-state index contributed by atoms with van der Waals surface area (Å²) in [4.78, 5) is 25.5. The Balaban J connectivity index is 1.62. The van der Waals surface area contributed by atoms with E-state index in [1.54, 1.807) is 37.7 Å². The first-order chi connectivity index (χ1) is 14.0. The molecule has 0 unspecified atom stereocenters. The maximum Gasteiger partial charge on any atom is 0.254 e. The molecular weight excluding hydrogens is 390 g/mol. The molecule has 150 valence electrons. The first kappa shape index (κ1) is 19.4. The number of benzene rings is 1. The minimum absolute atomic E-state index is 0.0125. The molecule has 3 aromatic rings. The Bertz CT molecular complexity index is 1050. The van der Waals surface area contributed by atoms with Crippen molar-refractivity contribution in [3.8, 4) is 5.75 Å². The highest BCUT2D eigenvalue weighted by atomic mass is 35.5. The number of likely N-dealkylation sites (N-methyl/N-ethyl adjacent to an activating group) is 1. The predicted molar refractivity (Wildman–Crippen MR) is 114 cm³/mol. The molecule has 0 bridgehead atoms. The number of hydrogen-bond donors (Lipinski definition) is 1. The summed E-state index contributed by atoms with van der Waals surface area (Å²) in [6, 6.07) is 9.05. The minimum atomic E-state index is 0.0125. The number of methoxy groups -OCH3 is 1. The minimum Gasteiger partial charge on any atom is -0.495 e. The van der Waals surface area contributed by atoms with E-state index in [2.05, 4.69) is 27.2 Å². The molecule has 29 heavy (non-hydrogen) atoms. The summed E-state index contributed by atoms with van der Waals surface area (Å²) in [6.45, 7) is 3.21. The molecule has 1 saturated heterocycles. The Kier molecular flexibility index (Phi) is 5.51. The quantitative estimate of drug-likeness (QED) is 0.663. The van der Waals surface area contributed by atoms with Gasteiger partial charge in [0.2, 0.25) is 0 Å². The number of piperazine rings is 1. The van der Waals surface area contributed by atoms with E-state index in [4.69, 9.17) is 16.3 Å². The first-order valence-electron chi connectivity index (χ1n) is 9.38. The van der Waals surface area contributed by atoms with Crippen molar-refractivity contribution in [1.82, 2.24) is 19.8 Å². The fourth-order valence-electron chi connectivity index (χ4n) is 3.40. The van der Waals surface area contributed by atoms with Crippen molar-refractivity contribution in [3.05, 3.63) is 53.4 Å². The van der Waals surface area contributed by atoms with Crippen LogP contribution < -0.4 is 10.1 Å². The number of halogens is 1. The van der Waals surface area contributed by atoms with E-state index in [0.717, 1.165) is 37.0 Å². The number of rotatable bonds is 4. The molecule has 1 aromatic carbocycles. The Labute approximate surface area is 174 Å². The van der Waals surface area contributed by atoms with Crippen LogP contribution in [0.2, 0.25) is 5.15 Å². The summed E-state index contributed by atoms with van der Waals surface area (Å²) in [7, 11) is 3.64. The number of carbonyl (C=O) groups excluding carboxylic acids is 1. The van der Waals surface area contributed by atoms with Crippen LogP contribution in [0, 0.1) is 0 Å². The van der Waals surface area contributed by atoms with Gasteiger partial charge >= 0.3 is 0 Å². The molecule has 1 aliphatic rings. The van der Waals surface area contributed by atoms with Crippen LogP contribution in [0.1, 0.15) is 10.4 Å². The second-order valence-corrected chi connectivity index (χ2v) is 7.41. The van der Waals surface area contributed by atoms with E-state index >= 15 is 0 Å². The van der Waals surface area contributed by atoms with Crippen molar-refractivity contribution in [2.75, 3.05) is 45.7 Å². The standard InChI is InChI=1S/C21H22ClN5O2/c1-26-7-9-27(10-8-26)21(28)15-3-4-17(18(11-15)29-2)24-20-16-13-23-6-5-14(16)12-19(22)25-20/h3-6,11-13H,7-10H2,1-2H3,(H,24,25). The maximum atomic E-state index is 12.9. The van der Waals surface area contributed by atoms with Gasteiger partial charge in [-0.2, -0.15) is 0 Å². The zero-order valence-electron chi connectivity index (χ0n) is 16.4. The fourth-order valence-corrected chi connectivity index (χ4v) is 3.60. The van der Waals surface area contributed by atoms with E-state index < -0.39 is 0 Å². The molecule has 3 heterocycles. The molecule has 7 nitrogen and oxygen atoms in total. The molecule has 0 radical (unpaired) electrons. The third-order valence-electron chi connectivity index (χ3n) is 5.10. The summed E-state index contributed by atoms with van der Waals surface area (Å²) in [5, 5.41) is 5.43. The summed E-state index contributed by atoms with van der Waals surface area (Å²) in [6.07, 6.45) is 3.44. The van der Waals surface area contributed by atoms with Gasteiger partial charge in [0.1, 0.15) is 16.7 Å². The molecule has 1 amide bonds. The van der Waals surface area contributed by atoms with E-state index in [0.29, 0.717) is 28.0 Å². The number of ether oxygens (including phenoxy) is 1. The SMILES string of the molecule is COc1cc(C(=O)N2CCN(C)CC2)ccc1Nc1nc(Cl)cc2ccncc12. The third kappa shape index (κ3) is 4.11. The fraction of sp³-hybridized carbons (Fsp3) is 0.286. The monoisotopic (exact) mass is 411 g/mol. The normalized spacial score (nSPS) is 14.8. The molecule has 0 saturated carbocycles. The molecule has 1 N–H and O–H groups in total. The van der Waals surface area contributed by atoms with Crippen LogP contribution in [0.3, 0.4) is 0 Å². The average molecular weight is 412 g/mol. The van der Waals surface area contributed by atoms with Gasteiger partial charge in [-0.15, -0.1) is 0 Å². The van der Waals surface area contributed by atoms with Crippen molar-refractivity contribution in [2.45, 2.75) is 0 Å². The number of carbonyl (C=O) groups is 1. The van der Waals surface area contributed by atoms with E-state index in [1.807, 2.05) is 17.0 Å². The third-order valence-corrected chi connectivity index (χ3v) is 5.29. The van der Waals surface area contributed by atoms with Crippen LogP contribution in [0.15, 0.2) is 42.7 Å². The van der Waals surface area contributed by atoms with Gasteiger partial charge in [-0.25, -0.2) is 4.98 Å². The lowest BCUT2D eigenvalue weighted by atomic mass is 10.1. The lowest BCUT2D eigenvalue weighted by molar-refractivity contribution is 0.0664. The van der Waals surface area contributed by atoms with Gasteiger partial charge in [-0.05, 0) is 42.8 Å². The van der Waals surface area contributed by atoms with Gasteiger partial charge in [0.15, 0.2) is 0 Å². The lowest BCUT2D eigenvalue weighted by Gasteiger charge is -2.32. The zero-order chi connectivity index (χ0) is 20.4. The smallest absolute Gasteiger partial charge is 0.254 e. The van der Waals surface area contributed by atoms with Crippen molar-refractivity contribution >= 4 is 39.8 Å². The Morgan fingerprint density at radius 2 is 1.97 bits per heavy atom. The molecule has 4 rings (SSSR count). The Hall–Kier alpha value is -2.90. The van der Waals surface area contributed by atoms with E-state index in [9.17, 15) is 4.79 Å². The molecule has 0 spiro atoms. The van der Waals surface area contributed by atoms with Gasteiger partial charge in [0, 0.05) is 49.5 Å². The van der Waals surface area contributed by atoms with Gasteiger partial charge in [-0.3, -0.25) is 9.78 Å². The van der Waals surface area contributed by atoms with Gasteiger partial charge in [0.25, 0.3) is 5.91 Å². The molecule has 2 aromatic heterocycles. The van der Waals surface area contributed by atoms with Crippen LogP contribution in [0.5, 0.6) is 5.75 Å². The Morgan fingerprint density at radius 1 is 1.17 bits per heavy atom. The highest BCUT2D eigenvalue weighted by Crippen LogP contribution is 2.32. The van der Waals surface area contributed by atoms with Gasteiger partial charge in [0.05, 0.1) is 12.8 Å². The number of hydrogen-bond acceptors (Lipinski definition) is 6. The van der Waals surface area contributed by atoms with Gasteiger partial charge in [-0.1, -0.05) is 11.6 Å². The maximum absolute atomic E-state index is 12.9. The van der Waals surface area contributed by atoms with Crippen molar-refractivity contribution in [2.24, 2.45) is 0 Å². The molecular formula is C21H22ClN5O2. The van der Waals surface area contributed by atoms with Gasteiger partial charge < -0.3 is 19.9 Å². The van der Waals surface area contributed by atoms with Crippen LogP contribution in [-0.2, 0) is 0 Å². The highest BCUT2D eigenvalue weighted by Gasteiger charge is 2.21. The summed E-state index contributed by atoms with van der Waals surface area (Å²) < 4.78 is 5.54. The average Bonchev–Trinajstić information content (AvgIpc) is 2.74. The predicted octanol–water partition coefficient (Wildman–Crippen LogP) is 3.42.